The van der Waals surface area contributed by atoms with Gasteiger partial charge in [-0.05, 0) is 31.0 Å². The van der Waals surface area contributed by atoms with E-state index < -0.39 is 17.2 Å². The van der Waals surface area contributed by atoms with Gasteiger partial charge in [0.05, 0.1) is 10.6 Å². The summed E-state index contributed by atoms with van der Waals surface area (Å²) in [6.45, 7) is 3.24. The fourth-order valence-corrected chi connectivity index (χ4v) is 2.78. The van der Waals surface area contributed by atoms with Crippen molar-refractivity contribution in [3.05, 3.63) is 56.3 Å². The normalized spacial score (nSPS) is 10.4. The lowest BCUT2D eigenvalue weighted by Crippen LogP contribution is -2.27. The Morgan fingerprint density at radius 1 is 1.38 bits per heavy atom. The fourth-order valence-electron chi connectivity index (χ4n) is 2.59. The average molecular weight is 375 g/mol. The largest absolute Gasteiger partial charge is 0.494 e. The number of carbonyl (C=O) groups excluding carboxylic acids is 1. The van der Waals surface area contributed by atoms with Gasteiger partial charge in [-0.2, -0.15) is 5.26 Å². The van der Waals surface area contributed by atoms with E-state index in [1.807, 2.05) is 13.0 Å². The van der Waals surface area contributed by atoms with Crippen LogP contribution in [0.5, 0.6) is 11.6 Å². The SMILES string of the molecule is CCCCn1c(O)c(C(=O)COc2ccccc2Cl)c(C)c(C#N)c1=O. The number of Topliss-reactive ketones (excluding diaryl/α,β-unsaturated/α-hetero) is 1. The number of ketones is 1. The molecule has 0 amide bonds. The van der Waals surface area contributed by atoms with Crippen molar-refractivity contribution >= 4 is 17.4 Å². The molecule has 0 atom stereocenters. The van der Waals surface area contributed by atoms with Crippen LogP contribution in [0.2, 0.25) is 5.02 Å². The molecule has 2 aromatic rings. The van der Waals surface area contributed by atoms with Crippen LogP contribution in [0.25, 0.3) is 0 Å². The van der Waals surface area contributed by atoms with Crippen molar-refractivity contribution in [1.29, 1.82) is 5.26 Å². The van der Waals surface area contributed by atoms with Crippen LogP contribution in [-0.4, -0.2) is 22.1 Å². The highest BCUT2D eigenvalue weighted by Crippen LogP contribution is 2.25. The summed E-state index contributed by atoms with van der Waals surface area (Å²) in [5.41, 5.74) is -0.681. The van der Waals surface area contributed by atoms with Crippen LogP contribution < -0.4 is 10.3 Å². The van der Waals surface area contributed by atoms with Crippen molar-refractivity contribution in [2.45, 2.75) is 33.2 Å². The molecule has 1 aromatic heterocycles. The molecule has 0 unspecified atom stereocenters. The Morgan fingerprint density at radius 2 is 2.08 bits per heavy atom. The molecule has 136 valence electrons. The van der Waals surface area contributed by atoms with E-state index in [1.54, 1.807) is 24.3 Å². The lowest BCUT2D eigenvalue weighted by atomic mass is 10.0. The van der Waals surface area contributed by atoms with E-state index in [2.05, 4.69) is 0 Å². The summed E-state index contributed by atoms with van der Waals surface area (Å²) >= 11 is 5.99. The summed E-state index contributed by atoms with van der Waals surface area (Å²) in [5.74, 6) is -0.645. The molecule has 1 N–H and O–H groups in total. The first kappa shape index (κ1) is 19.5. The van der Waals surface area contributed by atoms with Crippen LogP contribution in [0.4, 0.5) is 0 Å². The minimum Gasteiger partial charge on any atom is -0.494 e. The predicted octanol–water partition coefficient (Wildman–Crippen LogP) is 3.45. The van der Waals surface area contributed by atoms with Gasteiger partial charge in [0.1, 0.15) is 17.4 Å². The monoisotopic (exact) mass is 374 g/mol. The highest BCUT2D eigenvalue weighted by molar-refractivity contribution is 6.32. The van der Waals surface area contributed by atoms with Crippen molar-refractivity contribution < 1.29 is 14.6 Å². The second-order valence-corrected chi connectivity index (χ2v) is 6.17. The fraction of sp³-hybridized carbons (Fsp3) is 0.316. The standard InChI is InChI=1S/C19H19ClN2O4/c1-3-4-9-22-18(24)13(10-21)12(2)17(19(22)25)15(23)11-26-16-8-6-5-7-14(16)20/h5-8,25H,3-4,9,11H2,1-2H3. The lowest BCUT2D eigenvalue weighted by molar-refractivity contribution is 0.0916. The van der Waals surface area contributed by atoms with E-state index in [0.29, 0.717) is 17.2 Å². The molecule has 0 radical (unpaired) electrons. The average Bonchev–Trinajstić information content (AvgIpc) is 2.61. The van der Waals surface area contributed by atoms with Crippen molar-refractivity contribution in [1.82, 2.24) is 4.57 Å². The molecule has 0 saturated heterocycles. The Balaban J connectivity index is 2.41. The first-order valence-corrected chi connectivity index (χ1v) is 8.57. The van der Waals surface area contributed by atoms with Crippen LogP contribution in [0.15, 0.2) is 29.1 Å². The number of benzene rings is 1. The van der Waals surface area contributed by atoms with Gasteiger partial charge in [-0.25, -0.2) is 0 Å². The molecule has 26 heavy (non-hydrogen) atoms. The third kappa shape index (κ3) is 3.89. The van der Waals surface area contributed by atoms with Crippen LogP contribution >= 0.6 is 11.6 Å². The van der Waals surface area contributed by atoms with Gasteiger partial charge in [0.25, 0.3) is 5.56 Å². The zero-order chi connectivity index (χ0) is 19.3. The van der Waals surface area contributed by atoms with Gasteiger partial charge in [0.15, 0.2) is 6.61 Å². The molecule has 0 fully saturated rings. The molecule has 7 heteroatoms. The maximum Gasteiger partial charge on any atom is 0.271 e. The van der Waals surface area contributed by atoms with Crippen LogP contribution in [0, 0.1) is 18.3 Å². The van der Waals surface area contributed by atoms with Gasteiger partial charge in [-0.15, -0.1) is 0 Å². The number of carbonyl (C=O) groups is 1. The topological polar surface area (TPSA) is 92.3 Å². The Morgan fingerprint density at radius 3 is 2.69 bits per heavy atom. The number of aromatic nitrogens is 1. The van der Waals surface area contributed by atoms with E-state index >= 15 is 0 Å². The number of unbranched alkanes of at least 4 members (excludes halogenated alkanes) is 1. The zero-order valence-electron chi connectivity index (χ0n) is 14.6. The minimum atomic E-state index is -0.598. The number of nitriles is 1. The molecule has 0 aliphatic rings. The van der Waals surface area contributed by atoms with E-state index in [0.717, 1.165) is 11.0 Å². The molecule has 2 rings (SSSR count). The van der Waals surface area contributed by atoms with Gasteiger partial charge in [0.2, 0.25) is 11.7 Å². The number of hydrogen-bond donors (Lipinski definition) is 1. The number of nitrogens with zero attached hydrogens (tertiary/aromatic N) is 2. The van der Waals surface area contributed by atoms with Crippen LogP contribution in [-0.2, 0) is 6.54 Å². The van der Waals surface area contributed by atoms with Gasteiger partial charge >= 0.3 is 0 Å². The van der Waals surface area contributed by atoms with Crippen molar-refractivity contribution in [3.63, 3.8) is 0 Å². The summed E-state index contributed by atoms with van der Waals surface area (Å²) in [7, 11) is 0. The van der Waals surface area contributed by atoms with E-state index in [-0.39, 0.29) is 29.8 Å². The second-order valence-electron chi connectivity index (χ2n) is 5.76. The number of aromatic hydroxyl groups is 1. The number of rotatable bonds is 7. The minimum absolute atomic E-state index is 0.0793. The molecular weight excluding hydrogens is 356 g/mol. The van der Waals surface area contributed by atoms with Crippen molar-refractivity contribution in [2.24, 2.45) is 0 Å². The molecule has 6 nitrogen and oxygen atoms in total. The molecule has 1 heterocycles. The Hall–Kier alpha value is -2.78. The molecule has 0 bridgehead atoms. The zero-order valence-corrected chi connectivity index (χ0v) is 15.3. The summed E-state index contributed by atoms with van der Waals surface area (Å²) < 4.78 is 6.49. The number of para-hydroxylation sites is 1. The third-order valence-electron chi connectivity index (χ3n) is 4.01. The van der Waals surface area contributed by atoms with Gasteiger partial charge in [-0.1, -0.05) is 37.1 Å². The quantitative estimate of drug-likeness (QED) is 0.749. The Kier molecular flexibility index (Phi) is 6.42. The second kappa shape index (κ2) is 8.54. The van der Waals surface area contributed by atoms with Gasteiger partial charge in [0, 0.05) is 6.54 Å². The summed E-state index contributed by atoms with van der Waals surface area (Å²) in [6.07, 6.45) is 1.42. The van der Waals surface area contributed by atoms with E-state index in [9.17, 15) is 20.0 Å². The molecule has 0 aliphatic carbocycles. The highest BCUT2D eigenvalue weighted by atomic mass is 35.5. The van der Waals surface area contributed by atoms with Crippen LogP contribution in [0.3, 0.4) is 0 Å². The van der Waals surface area contributed by atoms with Gasteiger partial charge < -0.3 is 9.84 Å². The predicted molar refractivity (Wildman–Crippen MR) is 98.0 cm³/mol. The van der Waals surface area contributed by atoms with E-state index in [1.165, 1.54) is 6.92 Å². The highest BCUT2D eigenvalue weighted by Gasteiger charge is 2.24. The first-order chi connectivity index (χ1) is 12.4. The van der Waals surface area contributed by atoms with E-state index in [4.69, 9.17) is 16.3 Å². The van der Waals surface area contributed by atoms with Gasteiger partial charge in [-0.3, -0.25) is 14.2 Å². The maximum absolute atomic E-state index is 12.6. The Bertz CT molecular complexity index is 928. The summed E-state index contributed by atoms with van der Waals surface area (Å²) in [6, 6.07) is 8.52. The first-order valence-electron chi connectivity index (χ1n) is 8.19. The molecule has 0 spiro atoms. The smallest absolute Gasteiger partial charge is 0.271 e. The lowest BCUT2D eigenvalue weighted by Gasteiger charge is -2.15. The number of halogens is 1. The molecule has 1 aromatic carbocycles. The number of ether oxygens (including phenoxy) is 1. The summed E-state index contributed by atoms with van der Waals surface area (Å²) in [4.78, 5) is 25.0. The number of pyridine rings is 1. The number of hydrogen-bond acceptors (Lipinski definition) is 5. The maximum atomic E-state index is 12.6. The van der Waals surface area contributed by atoms with Crippen molar-refractivity contribution in [3.8, 4) is 17.7 Å². The molecule has 0 aliphatic heterocycles. The van der Waals surface area contributed by atoms with Crippen LogP contribution in [0.1, 0.15) is 41.3 Å². The van der Waals surface area contributed by atoms with Crippen molar-refractivity contribution in [2.75, 3.05) is 6.61 Å². The third-order valence-corrected chi connectivity index (χ3v) is 4.32. The Labute approximate surface area is 156 Å². The molecular formula is C19H19ClN2O4. The summed E-state index contributed by atoms with van der Waals surface area (Å²) in [5, 5.41) is 20.1. The molecule has 0 saturated carbocycles.